The molecule has 1 fully saturated rings. The molecule has 4 rings (SSSR count). The second-order valence-electron chi connectivity index (χ2n) is 6.93. The zero-order chi connectivity index (χ0) is 17.9. The fourth-order valence-electron chi connectivity index (χ4n) is 3.58. The Morgan fingerprint density at radius 1 is 1.12 bits per heavy atom. The van der Waals surface area contributed by atoms with Crippen LogP contribution >= 0.6 is 0 Å². The van der Waals surface area contributed by atoms with E-state index in [0.717, 1.165) is 31.6 Å². The maximum Gasteiger partial charge on any atom is 0.148 e. The van der Waals surface area contributed by atoms with Crippen molar-refractivity contribution in [1.82, 2.24) is 19.7 Å². The van der Waals surface area contributed by atoms with E-state index in [2.05, 4.69) is 21.0 Å². The van der Waals surface area contributed by atoms with E-state index in [1.165, 1.54) is 18.1 Å². The van der Waals surface area contributed by atoms with Gasteiger partial charge in [0.25, 0.3) is 0 Å². The second kappa shape index (κ2) is 7.25. The van der Waals surface area contributed by atoms with Crippen LogP contribution in [0.15, 0.2) is 55.0 Å². The van der Waals surface area contributed by atoms with Crippen molar-refractivity contribution in [2.75, 3.05) is 18.8 Å². The molecule has 3 heterocycles. The van der Waals surface area contributed by atoms with Crippen molar-refractivity contribution in [2.24, 2.45) is 5.92 Å². The summed E-state index contributed by atoms with van der Waals surface area (Å²) in [5.74, 6) is 0.927. The van der Waals surface area contributed by atoms with E-state index in [-0.39, 0.29) is 5.82 Å². The number of nitrogen functional groups attached to an aromatic ring is 1. The first-order chi connectivity index (χ1) is 12.7. The van der Waals surface area contributed by atoms with Crippen molar-refractivity contribution in [3.63, 3.8) is 0 Å². The standard InChI is InChI=1S/C20H22FN5/c21-18-3-1-2-4-19(18)26-14-17(11-24-26)13-25-8-7-16(12-25)9-15-5-6-20(22)23-10-15/h1-6,10-11,14,16H,7-9,12-13H2,(H2,22,23). The third-order valence-corrected chi connectivity index (χ3v) is 4.88. The molecule has 1 unspecified atom stereocenters. The molecule has 0 amide bonds. The van der Waals surface area contributed by atoms with E-state index in [1.807, 2.05) is 30.7 Å². The van der Waals surface area contributed by atoms with Crippen molar-refractivity contribution in [3.8, 4) is 5.69 Å². The van der Waals surface area contributed by atoms with Crippen LogP contribution in [0.3, 0.4) is 0 Å². The highest BCUT2D eigenvalue weighted by Gasteiger charge is 2.23. The molecule has 0 radical (unpaired) electrons. The number of rotatable bonds is 5. The highest BCUT2D eigenvalue weighted by molar-refractivity contribution is 5.33. The lowest BCUT2D eigenvalue weighted by molar-refractivity contribution is 0.316. The molecule has 26 heavy (non-hydrogen) atoms. The Morgan fingerprint density at radius 2 is 2.00 bits per heavy atom. The fraction of sp³-hybridized carbons (Fsp3) is 0.300. The summed E-state index contributed by atoms with van der Waals surface area (Å²) in [7, 11) is 0. The summed E-state index contributed by atoms with van der Waals surface area (Å²) < 4.78 is 15.5. The van der Waals surface area contributed by atoms with Gasteiger partial charge in [0.05, 0.1) is 6.20 Å². The van der Waals surface area contributed by atoms with Gasteiger partial charge in [0, 0.05) is 31.0 Å². The minimum atomic E-state index is -0.263. The Bertz CT molecular complexity index is 874. The van der Waals surface area contributed by atoms with Crippen LogP contribution in [0, 0.1) is 11.7 Å². The number of para-hydroxylation sites is 1. The number of nitrogens with two attached hydrogens (primary N) is 1. The normalized spacial score (nSPS) is 17.7. The first kappa shape index (κ1) is 16.7. The van der Waals surface area contributed by atoms with Gasteiger partial charge in [0.2, 0.25) is 0 Å². The summed E-state index contributed by atoms with van der Waals surface area (Å²) in [5, 5.41) is 4.31. The summed E-state index contributed by atoms with van der Waals surface area (Å²) in [4.78, 5) is 6.60. The lowest BCUT2D eigenvalue weighted by Crippen LogP contribution is -2.20. The maximum atomic E-state index is 13.9. The van der Waals surface area contributed by atoms with Gasteiger partial charge in [-0.1, -0.05) is 18.2 Å². The number of aromatic nitrogens is 3. The molecule has 3 aromatic rings. The van der Waals surface area contributed by atoms with E-state index < -0.39 is 0 Å². The van der Waals surface area contributed by atoms with Crippen LogP contribution in [0.4, 0.5) is 10.2 Å². The van der Waals surface area contributed by atoms with Crippen molar-refractivity contribution < 1.29 is 4.39 Å². The highest BCUT2D eigenvalue weighted by atomic mass is 19.1. The largest absolute Gasteiger partial charge is 0.384 e. The Kier molecular flexibility index (Phi) is 4.67. The number of halogens is 1. The summed E-state index contributed by atoms with van der Waals surface area (Å²) in [6.07, 6.45) is 7.81. The SMILES string of the molecule is Nc1ccc(CC2CCN(Cc3cnn(-c4ccccc4F)c3)C2)cn1. The Morgan fingerprint density at radius 3 is 2.81 bits per heavy atom. The number of anilines is 1. The van der Waals surface area contributed by atoms with Gasteiger partial charge in [0.15, 0.2) is 0 Å². The van der Waals surface area contributed by atoms with Crippen LogP contribution in [0.5, 0.6) is 0 Å². The molecule has 2 N–H and O–H groups in total. The Balaban J connectivity index is 1.35. The molecular formula is C20H22FN5. The number of pyridine rings is 1. The monoisotopic (exact) mass is 351 g/mol. The van der Waals surface area contributed by atoms with Gasteiger partial charge >= 0.3 is 0 Å². The molecule has 2 aromatic heterocycles. The van der Waals surface area contributed by atoms with Gasteiger partial charge in [-0.2, -0.15) is 5.10 Å². The summed E-state index contributed by atoms with van der Waals surface area (Å²) in [6.45, 7) is 2.96. The third-order valence-electron chi connectivity index (χ3n) is 4.88. The first-order valence-corrected chi connectivity index (χ1v) is 8.88. The van der Waals surface area contributed by atoms with Gasteiger partial charge in [-0.3, -0.25) is 4.90 Å². The predicted molar refractivity (Wildman–Crippen MR) is 99.3 cm³/mol. The molecule has 1 aromatic carbocycles. The van der Waals surface area contributed by atoms with Crippen molar-refractivity contribution in [1.29, 1.82) is 0 Å². The van der Waals surface area contributed by atoms with E-state index in [9.17, 15) is 4.39 Å². The second-order valence-corrected chi connectivity index (χ2v) is 6.93. The maximum absolute atomic E-state index is 13.9. The molecule has 134 valence electrons. The molecular weight excluding hydrogens is 329 g/mol. The Labute approximate surface area is 152 Å². The minimum Gasteiger partial charge on any atom is -0.384 e. The van der Waals surface area contributed by atoms with E-state index in [0.29, 0.717) is 17.4 Å². The summed E-state index contributed by atoms with van der Waals surface area (Å²) >= 11 is 0. The highest BCUT2D eigenvalue weighted by Crippen LogP contribution is 2.23. The van der Waals surface area contributed by atoms with Gasteiger partial charge in [-0.15, -0.1) is 0 Å². The quantitative estimate of drug-likeness (QED) is 0.767. The zero-order valence-corrected chi connectivity index (χ0v) is 14.6. The topological polar surface area (TPSA) is 60.0 Å². The van der Waals surface area contributed by atoms with Gasteiger partial charge < -0.3 is 5.73 Å². The summed E-state index contributed by atoms with van der Waals surface area (Å²) in [5.41, 5.74) is 8.46. The number of nitrogens with zero attached hydrogens (tertiary/aromatic N) is 4. The van der Waals surface area contributed by atoms with Crippen molar-refractivity contribution >= 4 is 5.82 Å². The average molecular weight is 351 g/mol. The number of hydrogen-bond acceptors (Lipinski definition) is 4. The number of likely N-dealkylation sites (tertiary alicyclic amines) is 1. The van der Waals surface area contributed by atoms with Crippen LogP contribution in [0.2, 0.25) is 0 Å². The van der Waals surface area contributed by atoms with Crippen molar-refractivity contribution in [3.05, 3.63) is 71.9 Å². The average Bonchev–Trinajstić information content (AvgIpc) is 3.27. The lowest BCUT2D eigenvalue weighted by atomic mass is 10.00. The summed E-state index contributed by atoms with van der Waals surface area (Å²) in [6, 6.07) is 10.6. The van der Waals surface area contributed by atoms with Gasteiger partial charge in [0.1, 0.15) is 17.3 Å². The van der Waals surface area contributed by atoms with E-state index in [1.54, 1.807) is 16.8 Å². The molecule has 0 aliphatic carbocycles. The Hall–Kier alpha value is -2.73. The molecule has 5 nitrogen and oxygen atoms in total. The number of hydrogen-bond donors (Lipinski definition) is 1. The molecule has 0 bridgehead atoms. The third kappa shape index (κ3) is 3.75. The first-order valence-electron chi connectivity index (χ1n) is 8.88. The minimum absolute atomic E-state index is 0.263. The van der Waals surface area contributed by atoms with Crippen LogP contribution in [0.1, 0.15) is 17.5 Å². The van der Waals surface area contributed by atoms with Gasteiger partial charge in [-0.25, -0.2) is 14.1 Å². The molecule has 6 heteroatoms. The number of benzene rings is 1. The predicted octanol–water partition coefficient (Wildman–Crippen LogP) is 3.05. The fourth-order valence-corrected chi connectivity index (χ4v) is 3.58. The molecule has 0 spiro atoms. The van der Waals surface area contributed by atoms with Crippen LogP contribution < -0.4 is 5.73 Å². The molecule has 1 aliphatic rings. The molecule has 1 saturated heterocycles. The lowest BCUT2D eigenvalue weighted by Gasteiger charge is -2.15. The molecule has 0 saturated carbocycles. The van der Waals surface area contributed by atoms with Gasteiger partial charge in [-0.05, 0) is 49.1 Å². The van der Waals surface area contributed by atoms with Crippen LogP contribution in [-0.2, 0) is 13.0 Å². The van der Waals surface area contributed by atoms with Crippen LogP contribution in [0.25, 0.3) is 5.69 Å². The zero-order valence-electron chi connectivity index (χ0n) is 14.6. The van der Waals surface area contributed by atoms with Crippen LogP contribution in [-0.4, -0.2) is 32.8 Å². The molecule has 1 atom stereocenters. The van der Waals surface area contributed by atoms with E-state index in [4.69, 9.17) is 5.73 Å². The van der Waals surface area contributed by atoms with Crippen molar-refractivity contribution in [2.45, 2.75) is 19.4 Å². The van der Waals surface area contributed by atoms with E-state index >= 15 is 0 Å². The molecule has 1 aliphatic heterocycles. The smallest absolute Gasteiger partial charge is 0.148 e.